The Labute approximate surface area is 127 Å². The summed E-state index contributed by atoms with van der Waals surface area (Å²) in [5.74, 6) is -0.0161. The van der Waals surface area contributed by atoms with Gasteiger partial charge in [-0.3, -0.25) is 4.90 Å². The van der Waals surface area contributed by atoms with Gasteiger partial charge in [0.05, 0.1) is 19.0 Å². The molecule has 1 saturated heterocycles. The van der Waals surface area contributed by atoms with Gasteiger partial charge < -0.3 is 15.0 Å². The van der Waals surface area contributed by atoms with Crippen LogP contribution in [0.15, 0.2) is 0 Å². The van der Waals surface area contributed by atoms with Crippen LogP contribution in [0.4, 0.5) is 4.79 Å². The largest absolute Gasteiger partial charge is 0.379 e. The number of morpholine rings is 1. The summed E-state index contributed by atoms with van der Waals surface area (Å²) in [7, 11) is -3.09. The number of amides is 2. The molecule has 0 aromatic heterocycles. The Morgan fingerprint density at radius 3 is 2.52 bits per heavy atom. The van der Waals surface area contributed by atoms with Crippen molar-refractivity contribution in [1.29, 1.82) is 0 Å². The van der Waals surface area contributed by atoms with Gasteiger partial charge in [0.25, 0.3) is 0 Å². The molecule has 0 saturated carbocycles. The molecule has 1 heterocycles. The summed E-state index contributed by atoms with van der Waals surface area (Å²) in [5.41, 5.74) is 0. The van der Waals surface area contributed by atoms with E-state index in [1.165, 1.54) is 6.26 Å². The minimum Gasteiger partial charge on any atom is -0.379 e. The number of carbonyl (C=O) groups is 1. The first-order valence-electron chi connectivity index (χ1n) is 7.35. The molecule has 1 atom stereocenters. The smallest absolute Gasteiger partial charge is 0.317 e. The fourth-order valence-corrected chi connectivity index (χ4v) is 3.49. The van der Waals surface area contributed by atoms with E-state index < -0.39 is 9.84 Å². The van der Waals surface area contributed by atoms with E-state index in [4.69, 9.17) is 4.74 Å². The third-order valence-electron chi connectivity index (χ3n) is 3.49. The van der Waals surface area contributed by atoms with E-state index in [0.29, 0.717) is 13.1 Å². The molecule has 0 aromatic carbocycles. The average molecular weight is 321 g/mol. The SMILES string of the molecule is CCN(C(=O)NCCN1CCOCC1)[C@H](C)CS(C)(=O)=O. The van der Waals surface area contributed by atoms with Crippen LogP contribution < -0.4 is 5.32 Å². The highest BCUT2D eigenvalue weighted by Crippen LogP contribution is 2.03. The molecule has 8 heteroatoms. The van der Waals surface area contributed by atoms with Gasteiger partial charge in [-0.1, -0.05) is 0 Å². The van der Waals surface area contributed by atoms with Crippen molar-refractivity contribution < 1.29 is 17.9 Å². The number of hydrogen-bond donors (Lipinski definition) is 1. The van der Waals surface area contributed by atoms with Gasteiger partial charge in [0.15, 0.2) is 0 Å². The maximum absolute atomic E-state index is 12.1. The summed E-state index contributed by atoms with van der Waals surface area (Å²) in [5, 5.41) is 2.86. The Kier molecular flexibility index (Phi) is 7.41. The Morgan fingerprint density at radius 2 is 2.00 bits per heavy atom. The van der Waals surface area contributed by atoms with Crippen molar-refractivity contribution in [3.05, 3.63) is 0 Å². The number of sulfone groups is 1. The van der Waals surface area contributed by atoms with Crippen LogP contribution in [0, 0.1) is 0 Å². The topological polar surface area (TPSA) is 79.0 Å². The van der Waals surface area contributed by atoms with Gasteiger partial charge in [-0.15, -0.1) is 0 Å². The lowest BCUT2D eigenvalue weighted by molar-refractivity contribution is 0.0385. The molecule has 0 spiro atoms. The molecular weight excluding hydrogens is 294 g/mol. The molecule has 2 amide bonds. The molecule has 21 heavy (non-hydrogen) atoms. The summed E-state index contributed by atoms with van der Waals surface area (Å²) in [6.45, 7) is 8.68. The highest BCUT2D eigenvalue weighted by molar-refractivity contribution is 7.90. The number of nitrogens with zero attached hydrogens (tertiary/aromatic N) is 2. The molecule has 7 nitrogen and oxygen atoms in total. The van der Waals surface area contributed by atoms with E-state index in [0.717, 1.165) is 32.8 Å². The van der Waals surface area contributed by atoms with Crippen LogP contribution in [0.25, 0.3) is 0 Å². The Hall–Kier alpha value is -0.860. The van der Waals surface area contributed by atoms with Crippen LogP contribution >= 0.6 is 0 Å². The molecule has 1 fully saturated rings. The lowest BCUT2D eigenvalue weighted by Crippen LogP contribution is -2.49. The highest BCUT2D eigenvalue weighted by Gasteiger charge is 2.21. The number of nitrogens with one attached hydrogen (secondary N) is 1. The van der Waals surface area contributed by atoms with Gasteiger partial charge >= 0.3 is 6.03 Å². The number of ether oxygens (including phenoxy) is 1. The summed E-state index contributed by atoms with van der Waals surface area (Å²) in [6, 6.07) is -0.532. The molecule has 0 unspecified atom stereocenters. The van der Waals surface area contributed by atoms with E-state index in [2.05, 4.69) is 10.2 Å². The molecule has 124 valence electrons. The third kappa shape index (κ3) is 7.10. The van der Waals surface area contributed by atoms with Crippen LogP contribution in [-0.4, -0.2) is 88.2 Å². The lowest BCUT2D eigenvalue weighted by Gasteiger charge is -2.29. The van der Waals surface area contributed by atoms with E-state index in [9.17, 15) is 13.2 Å². The first-order valence-corrected chi connectivity index (χ1v) is 9.42. The van der Waals surface area contributed by atoms with Crippen molar-refractivity contribution in [2.75, 3.05) is 57.9 Å². The number of hydrogen-bond acceptors (Lipinski definition) is 5. The molecular formula is C13H27N3O4S. The van der Waals surface area contributed by atoms with Crippen molar-refractivity contribution >= 4 is 15.9 Å². The molecule has 0 aromatic rings. The quantitative estimate of drug-likeness (QED) is 0.701. The van der Waals surface area contributed by atoms with Crippen molar-refractivity contribution in [2.45, 2.75) is 19.9 Å². The number of carbonyl (C=O) groups excluding carboxylic acids is 1. The summed E-state index contributed by atoms with van der Waals surface area (Å²) in [6.07, 6.45) is 1.19. The van der Waals surface area contributed by atoms with Crippen LogP contribution in [-0.2, 0) is 14.6 Å². The zero-order chi connectivity index (χ0) is 15.9. The monoisotopic (exact) mass is 321 g/mol. The third-order valence-corrected chi connectivity index (χ3v) is 4.57. The second kappa shape index (κ2) is 8.55. The number of urea groups is 1. The molecule has 1 aliphatic heterocycles. The maximum Gasteiger partial charge on any atom is 0.317 e. The van der Waals surface area contributed by atoms with E-state index in [1.807, 2.05) is 6.92 Å². The number of rotatable bonds is 7. The summed E-state index contributed by atoms with van der Waals surface area (Å²) >= 11 is 0. The standard InChI is InChI=1S/C13H27N3O4S/c1-4-16(12(2)11-21(3,18)19)13(17)14-5-6-15-7-9-20-10-8-15/h12H,4-11H2,1-3H3,(H,14,17)/t12-/m1/s1. The maximum atomic E-state index is 12.1. The fraction of sp³-hybridized carbons (Fsp3) is 0.923. The second-order valence-electron chi connectivity index (χ2n) is 5.41. The van der Waals surface area contributed by atoms with Crippen molar-refractivity contribution in [3.8, 4) is 0 Å². The average Bonchev–Trinajstić information content (AvgIpc) is 2.38. The minimum absolute atomic E-state index is 0.0161. The van der Waals surface area contributed by atoms with E-state index in [-0.39, 0.29) is 17.8 Å². The molecule has 0 radical (unpaired) electrons. The van der Waals surface area contributed by atoms with Crippen molar-refractivity contribution in [3.63, 3.8) is 0 Å². The van der Waals surface area contributed by atoms with Gasteiger partial charge in [-0.05, 0) is 13.8 Å². The first-order chi connectivity index (χ1) is 9.83. The molecule has 1 rings (SSSR count). The van der Waals surface area contributed by atoms with Crippen LogP contribution in [0.5, 0.6) is 0 Å². The van der Waals surface area contributed by atoms with Gasteiger partial charge in [0.1, 0.15) is 9.84 Å². The zero-order valence-electron chi connectivity index (χ0n) is 13.2. The van der Waals surface area contributed by atoms with E-state index >= 15 is 0 Å². The Morgan fingerprint density at radius 1 is 1.38 bits per heavy atom. The summed E-state index contributed by atoms with van der Waals surface area (Å²) < 4.78 is 27.9. The molecule has 0 aliphatic carbocycles. The van der Waals surface area contributed by atoms with Crippen LogP contribution in [0.3, 0.4) is 0 Å². The normalized spacial score (nSPS) is 18.2. The molecule has 1 aliphatic rings. The predicted molar refractivity (Wildman–Crippen MR) is 82.2 cm³/mol. The first kappa shape index (κ1) is 18.2. The van der Waals surface area contributed by atoms with Gasteiger partial charge in [0, 0.05) is 45.0 Å². The molecule has 0 bridgehead atoms. The van der Waals surface area contributed by atoms with Crippen molar-refractivity contribution in [2.24, 2.45) is 0 Å². The van der Waals surface area contributed by atoms with Crippen LogP contribution in [0.2, 0.25) is 0 Å². The van der Waals surface area contributed by atoms with Gasteiger partial charge in [-0.25, -0.2) is 13.2 Å². The fourth-order valence-electron chi connectivity index (χ4n) is 2.43. The van der Waals surface area contributed by atoms with Gasteiger partial charge in [-0.2, -0.15) is 0 Å². The Balaban J connectivity index is 2.36. The lowest BCUT2D eigenvalue weighted by atomic mass is 10.3. The Bertz CT molecular complexity index is 421. The second-order valence-corrected chi connectivity index (χ2v) is 7.60. The van der Waals surface area contributed by atoms with Crippen molar-refractivity contribution in [1.82, 2.24) is 15.1 Å². The zero-order valence-corrected chi connectivity index (χ0v) is 14.0. The van der Waals surface area contributed by atoms with Gasteiger partial charge in [0.2, 0.25) is 0 Å². The summed E-state index contributed by atoms with van der Waals surface area (Å²) in [4.78, 5) is 15.9. The minimum atomic E-state index is -3.09. The molecule has 1 N–H and O–H groups in total. The highest BCUT2D eigenvalue weighted by atomic mass is 32.2. The van der Waals surface area contributed by atoms with E-state index in [1.54, 1.807) is 11.8 Å². The predicted octanol–water partition coefficient (Wildman–Crippen LogP) is -0.217. The van der Waals surface area contributed by atoms with Crippen LogP contribution in [0.1, 0.15) is 13.8 Å².